The predicted molar refractivity (Wildman–Crippen MR) is 55.7 cm³/mol. The molecule has 0 aliphatic rings. The van der Waals surface area contributed by atoms with Gasteiger partial charge in [-0.25, -0.2) is 0 Å². The Morgan fingerprint density at radius 1 is 1.50 bits per heavy atom. The summed E-state index contributed by atoms with van der Waals surface area (Å²) in [5.41, 5.74) is 5.44. The lowest BCUT2D eigenvalue weighted by atomic mass is 10.1. The smallest absolute Gasteiger partial charge is 0.303 e. The van der Waals surface area contributed by atoms with Crippen LogP contribution in [0.3, 0.4) is 0 Å². The third-order valence-electron chi connectivity index (χ3n) is 1.88. The zero-order valence-electron chi connectivity index (χ0n) is 9.18. The molecule has 16 heavy (non-hydrogen) atoms. The van der Waals surface area contributed by atoms with E-state index in [1.165, 1.54) is 7.11 Å². The number of nitrogens with one attached hydrogen (secondary N) is 1. The van der Waals surface area contributed by atoms with Crippen LogP contribution in [0, 0.1) is 0 Å². The highest BCUT2D eigenvalue weighted by Gasteiger charge is 2.15. The number of carboxylic acids is 1. The molecule has 1 amide bonds. The molecule has 0 aliphatic carbocycles. The fraction of sp³-hybridized carbons (Fsp3) is 0.778. The molecule has 2 atom stereocenters. The number of nitrogens with two attached hydrogens (primary N) is 1. The van der Waals surface area contributed by atoms with Crippen LogP contribution in [0.1, 0.15) is 12.8 Å². The maximum atomic E-state index is 11.3. The number of carbonyl (C=O) groups excluding carboxylic acids is 1. The molecular formula is C9H18N2O5. The topological polar surface area (TPSA) is 122 Å². The van der Waals surface area contributed by atoms with E-state index >= 15 is 0 Å². The monoisotopic (exact) mass is 234 g/mol. The molecule has 0 saturated carbocycles. The summed E-state index contributed by atoms with van der Waals surface area (Å²) >= 11 is 0. The van der Waals surface area contributed by atoms with Gasteiger partial charge in [0.1, 0.15) is 0 Å². The summed E-state index contributed by atoms with van der Waals surface area (Å²) in [6.45, 7) is 0.151. The van der Waals surface area contributed by atoms with Gasteiger partial charge in [0.2, 0.25) is 5.91 Å². The SMILES string of the molecule is COCC(O)CNC(=O)C(N)CCC(=O)O. The van der Waals surface area contributed by atoms with E-state index in [0.717, 1.165) is 0 Å². The van der Waals surface area contributed by atoms with E-state index in [0.29, 0.717) is 0 Å². The molecule has 0 aromatic rings. The third kappa shape index (κ3) is 7.16. The highest BCUT2D eigenvalue weighted by atomic mass is 16.5. The van der Waals surface area contributed by atoms with Crippen LogP contribution in [0.5, 0.6) is 0 Å². The number of methoxy groups -OCH3 is 1. The highest BCUT2D eigenvalue weighted by Crippen LogP contribution is 1.94. The molecule has 0 aliphatic heterocycles. The Balaban J connectivity index is 3.74. The molecule has 0 bridgehead atoms. The maximum Gasteiger partial charge on any atom is 0.303 e. The molecule has 0 rings (SSSR count). The second kappa shape index (κ2) is 8.03. The van der Waals surface area contributed by atoms with Crippen LogP contribution in [0.2, 0.25) is 0 Å². The van der Waals surface area contributed by atoms with E-state index < -0.39 is 24.0 Å². The van der Waals surface area contributed by atoms with Crippen molar-refractivity contribution >= 4 is 11.9 Å². The van der Waals surface area contributed by atoms with E-state index in [1.807, 2.05) is 0 Å². The molecule has 0 aromatic carbocycles. The van der Waals surface area contributed by atoms with Crippen LogP contribution in [0.4, 0.5) is 0 Å². The Labute approximate surface area is 93.6 Å². The van der Waals surface area contributed by atoms with Gasteiger partial charge in [0.15, 0.2) is 0 Å². The number of rotatable bonds is 8. The molecule has 0 fully saturated rings. The standard InChI is InChI=1S/C9H18N2O5/c1-16-5-6(12)4-11-9(15)7(10)2-3-8(13)14/h6-7,12H,2-5,10H2,1H3,(H,11,15)(H,13,14). The highest BCUT2D eigenvalue weighted by molar-refractivity contribution is 5.82. The first-order valence-corrected chi connectivity index (χ1v) is 4.89. The Hall–Kier alpha value is -1.18. The van der Waals surface area contributed by atoms with Crippen molar-refractivity contribution in [3.63, 3.8) is 0 Å². The lowest BCUT2D eigenvalue weighted by Crippen LogP contribution is -2.44. The normalized spacial score (nSPS) is 14.2. The summed E-state index contributed by atoms with van der Waals surface area (Å²) in [7, 11) is 1.43. The summed E-state index contributed by atoms with van der Waals surface area (Å²) in [5.74, 6) is -1.47. The van der Waals surface area contributed by atoms with E-state index in [9.17, 15) is 14.7 Å². The Bertz CT molecular complexity index is 234. The summed E-state index contributed by atoms with van der Waals surface area (Å²) in [5, 5.41) is 20.0. The van der Waals surface area contributed by atoms with E-state index in [4.69, 9.17) is 10.8 Å². The fourth-order valence-corrected chi connectivity index (χ4v) is 1.01. The molecule has 0 aromatic heterocycles. The molecule has 94 valence electrons. The van der Waals surface area contributed by atoms with Gasteiger partial charge < -0.3 is 26.0 Å². The summed E-state index contributed by atoms with van der Waals surface area (Å²) in [4.78, 5) is 21.5. The van der Waals surface area contributed by atoms with Gasteiger partial charge in [-0.1, -0.05) is 0 Å². The van der Waals surface area contributed by atoms with Gasteiger partial charge in [-0.2, -0.15) is 0 Å². The van der Waals surface area contributed by atoms with Crippen LogP contribution in [-0.2, 0) is 14.3 Å². The zero-order valence-corrected chi connectivity index (χ0v) is 9.18. The van der Waals surface area contributed by atoms with Crippen LogP contribution in [0.25, 0.3) is 0 Å². The Kier molecular flexibility index (Phi) is 7.44. The number of amides is 1. The number of carbonyl (C=O) groups is 2. The largest absolute Gasteiger partial charge is 0.481 e. The van der Waals surface area contributed by atoms with E-state index in [2.05, 4.69) is 10.1 Å². The number of ether oxygens (including phenoxy) is 1. The summed E-state index contributed by atoms with van der Waals surface area (Å²) < 4.78 is 4.67. The fourth-order valence-electron chi connectivity index (χ4n) is 1.01. The van der Waals surface area contributed by atoms with Gasteiger partial charge in [-0.05, 0) is 6.42 Å². The molecule has 7 nitrogen and oxygen atoms in total. The number of aliphatic carboxylic acids is 1. The van der Waals surface area contributed by atoms with Crippen LogP contribution < -0.4 is 11.1 Å². The quantitative estimate of drug-likeness (QED) is 0.397. The molecule has 0 heterocycles. The van der Waals surface area contributed by atoms with Gasteiger partial charge >= 0.3 is 5.97 Å². The van der Waals surface area contributed by atoms with Gasteiger partial charge in [0, 0.05) is 20.1 Å². The van der Waals surface area contributed by atoms with Crippen molar-refractivity contribution in [3.05, 3.63) is 0 Å². The molecule has 2 unspecified atom stereocenters. The summed E-state index contributed by atoms with van der Waals surface area (Å²) in [6.07, 6.45) is -0.878. The van der Waals surface area contributed by atoms with Crippen molar-refractivity contribution in [2.75, 3.05) is 20.3 Å². The lowest BCUT2D eigenvalue weighted by Gasteiger charge is -2.14. The third-order valence-corrected chi connectivity index (χ3v) is 1.88. The average molecular weight is 234 g/mol. The van der Waals surface area contributed by atoms with Gasteiger partial charge in [-0.15, -0.1) is 0 Å². The molecule has 0 saturated heterocycles. The van der Waals surface area contributed by atoms with Gasteiger partial charge in [0.05, 0.1) is 18.8 Å². The molecule has 5 N–H and O–H groups in total. The first kappa shape index (κ1) is 14.8. The first-order chi connectivity index (χ1) is 7.47. The molecule has 0 radical (unpaired) electrons. The minimum Gasteiger partial charge on any atom is -0.481 e. The van der Waals surface area contributed by atoms with Crippen molar-refractivity contribution < 1.29 is 24.5 Å². The second-order valence-electron chi connectivity index (χ2n) is 3.39. The van der Waals surface area contributed by atoms with Crippen molar-refractivity contribution in [2.45, 2.75) is 25.0 Å². The van der Waals surface area contributed by atoms with Crippen LogP contribution >= 0.6 is 0 Å². The number of aliphatic hydroxyl groups is 1. The Morgan fingerprint density at radius 3 is 2.62 bits per heavy atom. The minimum absolute atomic E-state index is 0.0352. The second-order valence-corrected chi connectivity index (χ2v) is 3.39. The predicted octanol–water partition coefficient (Wildman–Crippen LogP) is -1.70. The number of carboxylic acid groups (broad SMARTS) is 1. The van der Waals surface area contributed by atoms with Crippen LogP contribution in [0.15, 0.2) is 0 Å². The van der Waals surface area contributed by atoms with E-state index in [1.54, 1.807) is 0 Å². The minimum atomic E-state index is -0.998. The van der Waals surface area contributed by atoms with E-state index in [-0.39, 0.29) is 26.0 Å². The van der Waals surface area contributed by atoms with Crippen molar-refractivity contribution in [3.8, 4) is 0 Å². The zero-order chi connectivity index (χ0) is 12.6. The van der Waals surface area contributed by atoms with Crippen molar-refractivity contribution in [1.82, 2.24) is 5.32 Å². The molecular weight excluding hydrogens is 216 g/mol. The van der Waals surface area contributed by atoms with Crippen molar-refractivity contribution in [1.29, 1.82) is 0 Å². The summed E-state index contributed by atoms with van der Waals surface area (Å²) in [6, 6.07) is -0.870. The number of aliphatic hydroxyl groups excluding tert-OH is 1. The van der Waals surface area contributed by atoms with Gasteiger partial charge in [-0.3, -0.25) is 9.59 Å². The number of hydrogen-bond acceptors (Lipinski definition) is 5. The first-order valence-electron chi connectivity index (χ1n) is 4.89. The average Bonchev–Trinajstić information content (AvgIpc) is 2.22. The van der Waals surface area contributed by atoms with Gasteiger partial charge in [0.25, 0.3) is 0 Å². The maximum absolute atomic E-state index is 11.3. The lowest BCUT2D eigenvalue weighted by molar-refractivity contribution is -0.137. The molecule has 7 heteroatoms. The number of hydrogen-bond donors (Lipinski definition) is 4. The Morgan fingerprint density at radius 2 is 2.12 bits per heavy atom. The molecule has 0 spiro atoms. The van der Waals surface area contributed by atoms with Crippen molar-refractivity contribution in [2.24, 2.45) is 5.73 Å². The van der Waals surface area contributed by atoms with Crippen LogP contribution in [-0.4, -0.2) is 54.5 Å².